The Morgan fingerprint density at radius 1 is 1.31 bits per heavy atom. The first-order valence-corrected chi connectivity index (χ1v) is 5.72. The van der Waals surface area contributed by atoms with E-state index in [1.54, 1.807) is 18.4 Å². The van der Waals surface area contributed by atoms with Crippen LogP contribution in [0.3, 0.4) is 0 Å². The van der Waals surface area contributed by atoms with Crippen LogP contribution in [0.5, 0.6) is 0 Å². The number of nitrogens with zero attached hydrogens (tertiary/aromatic N) is 3. The van der Waals surface area contributed by atoms with Gasteiger partial charge in [0.2, 0.25) is 0 Å². The molecule has 0 unspecified atom stereocenters. The summed E-state index contributed by atoms with van der Waals surface area (Å²) in [5.41, 5.74) is 2.91. The monoisotopic (exact) mass is 229 g/mol. The molecule has 0 aliphatic heterocycles. The van der Waals surface area contributed by atoms with Crippen molar-refractivity contribution < 1.29 is 0 Å². The first kappa shape index (κ1) is 10.7. The summed E-state index contributed by atoms with van der Waals surface area (Å²) in [6.45, 7) is 0. The molecule has 0 aliphatic rings. The lowest BCUT2D eigenvalue weighted by Crippen LogP contribution is -2.10. The number of aromatic nitrogens is 1. The van der Waals surface area contributed by atoms with E-state index in [-0.39, 0.29) is 0 Å². The second-order valence-corrected chi connectivity index (χ2v) is 4.21. The highest BCUT2D eigenvalue weighted by atomic mass is 32.1. The van der Waals surface area contributed by atoms with Gasteiger partial charge in [0.25, 0.3) is 0 Å². The van der Waals surface area contributed by atoms with Crippen molar-refractivity contribution in [1.82, 2.24) is 4.57 Å². The van der Waals surface area contributed by atoms with E-state index < -0.39 is 0 Å². The van der Waals surface area contributed by atoms with Gasteiger partial charge in [0.1, 0.15) is 0 Å². The maximum absolute atomic E-state index is 8.73. The lowest BCUT2D eigenvalue weighted by molar-refractivity contribution is 0.876. The molecule has 0 fully saturated rings. The lowest BCUT2D eigenvalue weighted by atomic mass is 10.1. The molecule has 0 saturated carbocycles. The zero-order valence-corrected chi connectivity index (χ0v) is 9.95. The quantitative estimate of drug-likeness (QED) is 0.738. The Hall–Kier alpha value is -1.86. The largest absolute Gasteiger partial charge is 0.320 e. The van der Waals surface area contributed by atoms with Crippen molar-refractivity contribution in [3.63, 3.8) is 0 Å². The van der Waals surface area contributed by atoms with E-state index in [1.807, 2.05) is 35.9 Å². The maximum Gasteiger partial charge on any atom is 0.184 e. The molecule has 80 valence electrons. The fourth-order valence-corrected chi connectivity index (χ4v) is 2.42. The zero-order valence-electron chi connectivity index (χ0n) is 9.14. The second-order valence-electron chi connectivity index (χ2n) is 3.38. The Labute approximate surface area is 97.9 Å². The first-order valence-electron chi connectivity index (χ1n) is 4.84. The third kappa shape index (κ3) is 1.77. The summed E-state index contributed by atoms with van der Waals surface area (Å²) in [6.07, 6.45) is 0. The molecule has 3 nitrogen and oxygen atoms in total. The van der Waals surface area contributed by atoms with Crippen LogP contribution in [0.2, 0.25) is 0 Å². The van der Waals surface area contributed by atoms with Crippen LogP contribution in [0, 0.1) is 11.3 Å². The Bertz CT molecular complexity index is 596. The van der Waals surface area contributed by atoms with Crippen LogP contribution >= 0.6 is 11.3 Å². The van der Waals surface area contributed by atoms with Gasteiger partial charge in [-0.25, -0.2) is 0 Å². The summed E-state index contributed by atoms with van der Waals surface area (Å²) in [5, 5.41) is 10.8. The summed E-state index contributed by atoms with van der Waals surface area (Å²) in [5.74, 6) is 0. The molecular weight excluding hydrogens is 218 g/mol. The summed E-state index contributed by atoms with van der Waals surface area (Å²) >= 11 is 1.61. The predicted molar refractivity (Wildman–Crippen MR) is 64.9 cm³/mol. The SMILES string of the molecule is CN=c1scc(-c2ccc(C#N)cc2)n1C. The van der Waals surface area contributed by atoms with Crippen molar-refractivity contribution in [2.24, 2.45) is 12.0 Å². The van der Waals surface area contributed by atoms with Crippen LogP contribution in [0.1, 0.15) is 5.56 Å². The van der Waals surface area contributed by atoms with Crippen molar-refractivity contribution >= 4 is 11.3 Å². The van der Waals surface area contributed by atoms with E-state index in [2.05, 4.69) is 16.4 Å². The molecule has 1 aromatic carbocycles. The molecule has 0 saturated heterocycles. The molecule has 0 aliphatic carbocycles. The van der Waals surface area contributed by atoms with Crippen molar-refractivity contribution in [3.05, 3.63) is 40.0 Å². The third-order valence-electron chi connectivity index (χ3n) is 2.43. The Morgan fingerprint density at radius 3 is 2.50 bits per heavy atom. The minimum atomic E-state index is 0.682. The fourth-order valence-electron chi connectivity index (χ4n) is 1.55. The third-order valence-corrected chi connectivity index (χ3v) is 3.43. The molecule has 0 atom stereocenters. The summed E-state index contributed by atoms with van der Waals surface area (Å²) in [6, 6.07) is 9.69. The highest BCUT2D eigenvalue weighted by molar-refractivity contribution is 7.07. The van der Waals surface area contributed by atoms with Crippen molar-refractivity contribution in [1.29, 1.82) is 5.26 Å². The molecule has 4 heteroatoms. The summed E-state index contributed by atoms with van der Waals surface area (Å²) < 4.78 is 2.05. The predicted octanol–water partition coefficient (Wildman–Crippen LogP) is 2.16. The molecule has 0 bridgehead atoms. The van der Waals surface area contributed by atoms with E-state index >= 15 is 0 Å². The highest BCUT2D eigenvalue weighted by Gasteiger charge is 2.03. The Balaban J connectivity index is 2.52. The van der Waals surface area contributed by atoms with Crippen LogP contribution in [0.4, 0.5) is 0 Å². The minimum Gasteiger partial charge on any atom is -0.320 e. The average molecular weight is 229 g/mol. The Kier molecular flexibility index (Phi) is 2.88. The number of hydrogen-bond acceptors (Lipinski definition) is 3. The first-order chi connectivity index (χ1) is 7.76. The number of thiazole rings is 1. The normalized spacial score (nSPS) is 11.4. The van der Waals surface area contributed by atoms with E-state index in [1.165, 1.54) is 0 Å². The van der Waals surface area contributed by atoms with Gasteiger partial charge >= 0.3 is 0 Å². The smallest absolute Gasteiger partial charge is 0.184 e. The van der Waals surface area contributed by atoms with Crippen molar-refractivity contribution in [3.8, 4) is 17.3 Å². The zero-order chi connectivity index (χ0) is 11.5. The van der Waals surface area contributed by atoms with Crippen LogP contribution in [0.15, 0.2) is 34.6 Å². The molecule has 2 rings (SSSR count). The molecule has 1 heterocycles. The number of rotatable bonds is 1. The number of hydrogen-bond donors (Lipinski definition) is 0. The molecule has 1 aromatic heterocycles. The molecule has 16 heavy (non-hydrogen) atoms. The van der Waals surface area contributed by atoms with Crippen LogP contribution < -0.4 is 4.80 Å². The van der Waals surface area contributed by atoms with Crippen LogP contribution in [-0.2, 0) is 7.05 Å². The Morgan fingerprint density at radius 2 is 2.00 bits per heavy atom. The minimum absolute atomic E-state index is 0.682. The molecular formula is C12H11N3S. The summed E-state index contributed by atoms with van der Waals surface area (Å²) in [7, 11) is 3.78. The topological polar surface area (TPSA) is 41.1 Å². The van der Waals surface area contributed by atoms with Crippen molar-refractivity contribution in [2.75, 3.05) is 7.05 Å². The van der Waals surface area contributed by atoms with Crippen LogP contribution in [-0.4, -0.2) is 11.6 Å². The molecule has 0 N–H and O–H groups in total. The van der Waals surface area contributed by atoms with E-state index in [9.17, 15) is 0 Å². The standard InChI is InChI=1S/C12H11N3S/c1-14-12-15(2)11(8-16-12)10-5-3-9(7-13)4-6-10/h3-6,8H,1-2H3. The molecule has 0 spiro atoms. The molecule has 2 aromatic rings. The molecule has 0 radical (unpaired) electrons. The van der Waals surface area contributed by atoms with Gasteiger partial charge in [0.05, 0.1) is 17.3 Å². The average Bonchev–Trinajstić information content (AvgIpc) is 2.70. The van der Waals surface area contributed by atoms with Crippen LogP contribution in [0.25, 0.3) is 11.3 Å². The van der Waals surface area contributed by atoms with E-state index in [4.69, 9.17) is 5.26 Å². The second kappa shape index (κ2) is 4.33. The number of benzene rings is 1. The van der Waals surface area contributed by atoms with Gasteiger partial charge in [-0.2, -0.15) is 5.26 Å². The maximum atomic E-state index is 8.73. The van der Waals surface area contributed by atoms with Gasteiger partial charge in [-0.15, -0.1) is 11.3 Å². The number of nitriles is 1. The lowest BCUT2D eigenvalue weighted by Gasteiger charge is -2.02. The van der Waals surface area contributed by atoms with Gasteiger partial charge in [-0.05, 0) is 17.7 Å². The van der Waals surface area contributed by atoms with Gasteiger partial charge in [0.15, 0.2) is 4.80 Å². The van der Waals surface area contributed by atoms with Gasteiger partial charge in [-0.3, -0.25) is 4.99 Å². The molecule has 0 amide bonds. The fraction of sp³-hybridized carbons (Fsp3) is 0.167. The summed E-state index contributed by atoms with van der Waals surface area (Å²) in [4.78, 5) is 5.16. The van der Waals surface area contributed by atoms with E-state index in [0.717, 1.165) is 16.1 Å². The van der Waals surface area contributed by atoms with Gasteiger partial charge in [0, 0.05) is 19.5 Å². The van der Waals surface area contributed by atoms with Crippen molar-refractivity contribution in [2.45, 2.75) is 0 Å². The van der Waals surface area contributed by atoms with E-state index in [0.29, 0.717) is 5.56 Å². The highest BCUT2D eigenvalue weighted by Crippen LogP contribution is 2.19. The van der Waals surface area contributed by atoms with Gasteiger partial charge in [-0.1, -0.05) is 12.1 Å². The van der Waals surface area contributed by atoms with Gasteiger partial charge < -0.3 is 4.57 Å².